The Balaban J connectivity index is 1.68. The molecule has 6 heteroatoms. The molecule has 152 valence electrons. The van der Waals surface area contributed by atoms with E-state index in [4.69, 9.17) is 14.2 Å². The average molecular weight is 386 g/mol. The topological polar surface area (TPSA) is 64.1 Å². The molecule has 0 saturated heterocycles. The molecule has 6 nitrogen and oxygen atoms in total. The van der Waals surface area contributed by atoms with Crippen LogP contribution in [-0.4, -0.2) is 46.9 Å². The van der Waals surface area contributed by atoms with Gasteiger partial charge >= 0.3 is 0 Å². The van der Waals surface area contributed by atoms with E-state index in [1.165, 1.54) is 11.1 Å². The molecule has 0 bridgehead atoms. The van der Waals surface area contributed by atoms with Crippen molar-refractivity contribution in [2.75, 3.05) is 41.0 Å². The van der Waals surface area contributed by atoms with Gasteiger partial charge in [0, 0.05) is 25.7 Å². The lowest BCUT2D eigenvalue weighted by Crippen LogP contribution is -2.39. The summed E-state index contributed by atoms with van der Waals surface area (Å²) in [5.74, 6) is 2.52. The Morgan fingerprint density at radius 3 is 2.39 bits per heavy atom. The number of aryl methyl sites for hydroxylation is 1. The van der Waals surface area contributed by atoms with Gasteiger partial charge in [-0.2, -0.15) is 0 Å². The van der Waals surface area contributed by atoms with Crippen molar-refractivity contribution in [3.05, 3.63) is 59.2 Å². The van der Waals surface area contributed by atoms with Gasteiger partial charge in [-0.05, 0) is 31.0 Å². The number of aliphatic imine (C=N–C) groups is 1. The highest BCUT2D eigenvalue weighted by Crippen LogP contribution is 2.20. The number of methoxy groups -OCH3 is 2. The summed E-state index contributed by atoms with van der Waals surface area (Å²) >= 11 is 0. The molecule has 0 amide bonds. The Morgan fingerprint density at radius 2 is 1.64 bits per heavy atom. The first-order valence-electron chi connectivity index (χ1n) is 9.45. The van der Waals surface area contributed by atoms with Crippen LogP contribution in [0.15, 0.2) is 47.5 Å². The third-order valence-electron chi connectivity index (χ3n) is 4.34. The third kappa shape index (κ3) is 6.78. The van der Waals surface area contributed by atoms with Crippen LogP contribution in [0.4, 0.5) is 0 Å². The predicted molar refractivity (Wildman–Crippen MR) is 113 cm³/mol. The lowest BCUT2D eigenvalue weighted by Gasteiger charge is -2.14. The van der Waals surface area contributed by atoms with Gasteiger partial charge in [0.25, 0.3) is 0 Å². The van der Waals surface area contributed by atoms with E-state index in [9.17, 15) is 0 Å². The van der Waals surface area contributed by atoms with Crippen molar-refractivity contribution in [3.8, 4) is 11.5 Å². The normalized spacial score (nSPS) is 11.2. The molecular formula is C22H31N3O3. The molecule has 2 N–H and O–H groups in total. The molecule has 2 rings (SSSR count). The molecule has 0 aliphatic carbocycles. The van der Waals surface area contributed by atoms with Gasteiger partial charge in [0.15, 0.2) is 5.96 Å². The number of guanidine groups is 1. The first-order valence-corrected chi connectivity index (χ1v) is 9.45. The van der Waals surface area contributed by atoms with Gasteiger partial charge in [-0.15, -0.1) is 0 Å². The SMILES string of the molecule is CN=C(NCCOCc1ccccc1OC)NCCc1cc(C)ccc1OC. The molecule has 0 fully saturated rings. The highest BCUT2D eigenvalue weighted by atomic mass is 16.5. The molecule has 0 radical (unpaired) electrons. The van der Waals surface area contributed by atoms with Crippen molar-refractivity contribution in [1.29, 1.82) is 0 Å². The fraction of sp³-hybridized carbons (Fsp3) is 0.409. The molecule has 28 heavy (non-hydrogen) atoms. The first-order chi connectivity index (χ1) is 13.7. The highest BCUT2D eigenvalue weighted by molar-refractivity contribution is 5.79. The number of ether oxygens (including phenoxy) is 3. The minimum Gasteiger partial charge on any atom is -0.496 e. The van der Waals surface area contributed by atoms with E-state index in [0.29, 0.717) is 19.8 Å². The quantitative estimate of drug-likeness (QED) is 0.374. The minimum absolute atomic E-state index is 0.519. The summed E-state index contributed by atoms with van der Waals surface area (Å²) in [4.78, 5) is 4.25. The molecule has 0 saturated carbocycles. The Hall–Kier alpha value is -2.73. The van der Waals surface area contributed by atoms with Crippen LogP contribution in [0.1, 0.15) is 16.7 Å². The van der Waals surface area contributed by atoms with Crippen molar-refractivity contribution in [3.63, 3.8) is 0 Å². The van der Waals surface area contributed by atoms with Crippen LogP contribution in [0.3, 0.4) is 0 Å². The predicted octanol–water partition coefficient (Wildman–Crippen LogP) is 2.94. The maximum Gasteiger partial charge on any atom is 0.191 e. The van der Waals surface area contributed by atoms with Crippen molar-refractivity contribution < 1.29 is 14.2 Å². The number of hydrogen-bond donors (Lipinski definition) is 2. The second kappa shape index (κ2) is 11.9. The van der Waals surface area contributed by atoms with Crippen molar-refractivity contribution >= 4 is 5.96 Å². The fourth-order valence-electron chi connectivity index (χ4n) is 2.88. The fourth-order valence-corrected chi connectivity index (χ4v) is 2.88. The number of nitrogens with zero attached hydrogens (tertiary/aromatic N) is 1. The summed E-state index contributed by atoms with van der Waals surface area (Å²) in [5, 5.41) is 6.59. The summed E-state index contributed by atoms with van der Waals surface area (Å²) in [6.07, 6.45) is 0.857. The second-order valence-corrected chi connectivity index (χ2v) is 6.36. The van der Waals surface area contributed by atoms with E-state index in [1.54, 1.807) is 21.3 Å². The standard InChI is InChI=1S/C22H31N3O3/c1-17-9-10-21(27-4)18(15-17)11-12-24-22(23-2)25-13-14-28-16-19-7-5-6-8-20(19)26-3/h5-10,15H,11-14,16H2,1-4H3,(H2,23,24,25). The summed E-state index contributed by atoms with van der Waals surface area (Å²) in [6, 6.07) is 14.1. The van der Waals surface area contributed by atoms with Gasteiger partial charge in [0.1, 0.15) is 11.5 Å². The molecule has 0 atom stereocenters. The van der Waals surface area contributed by atoms with Crippen molar-refractivity contribution in [2.24, 2.45) is 4.99 Å². The zero-order chi connectivity index (χ0) is 20.2. The molecular weight excluding hydrogens is 354 g/mol. The van der Waals surface area contributed by atoms with Crippen LogP contribution in [0.25, 0.3) is 0 Å². The van der Waals surface area contributed by atoms with Crippen LogP contribution in [-0.2, 0) is 17.8 Å². The van der Waals surface area contributed by atoms with Gasteiger partial charge < -0.3 is 24.8 Å². The van der Waals surface area contributed by atoms with E-state index in [1.807, 2.05) is 30.3 Å². The largest absolute Gasteiger partial charge is 0.496 e. The summed E-state index contributed by atoms with van der Waals surface area (Å²) in [5.41, 5.74) is 3.45. The molecule has 2 aromatic carbocycles. The Morgan fingerprint density at radius 1 is 0.929 bits per heavy atom. The molecule has 0 unspecified atom stereocenters. The van der Waals surface area contributed by atoms with E-state index in [2.05, 4.69) is 34.7 Å². The minimum atomic E-state index is 0.519. The number of rotatable bonds is 10. The van der Waals surface area contributed by atoms with Crippen LogP contribution in [0.2, 0.25) is 0 Å². The highest BCUT2D eigenvalue weighted by Gasteiger charge is 2.05. The number of nitrogens with one attached hydrogen (secondary N) is 2. The molecule has 2 aromatic rings. The molecule has 0 aliphatic rings. The number of para-hydroxylation sites is 1. The molecule has 0 heterocycles. The molecule has 0 aromatic heterocycles. The van der Waals surface area contributed by atoms with Gasteiger partial charge in [0.05, 0.1) is 27.4 Å². The zero-order valence-electron chi connectivity index (χ0n) is 17.2. The number of benzene rings is 2. The van der Waals surface area contributed by atoms with E-state index in [-0.39, 0.29) is 0 Å². The maximum absolute atomic E-state index is 5.73. The zero-order valence-corrected chi connectivity index (χ0v) is 17.2. The van der Waals surface area contributed by atoms with Gasteiger partial charge in [-0.3, -0.25) is 4.99 Å². The van der Waals surface area contributed by atoms with E-state index < -0.39 is 0 Å². The van der Waals surface area contributed by atoms with Crippen molar-refractivity contribution in [2.45, 2.75) is 20.0 Å². The number of hydrogen-bond acceptors (Lipinski definition) is 4. The first kappa shape index (κ1) is 21.6. The Bertz CT molecular complexity index is 762. The monoisotopic (exact) mass is 385 g/mol. The summed E-state index contributed by atoms with van der Waals surface area (Å²) in [6.45, 7) is 4.61. The maximum atomic E-state index is 5.73. The Labute approximate surface area is 167 Å². The third-order valence-corrected chi connectivity index (χ3v) is 4.34. The lowest BCUT2D eigenvalue weighted by atomic mass is 10.1. The lowest BCUT2D eigenvalue weighted by molar-refractivity contribution is 0.123. The van der Waals surface area contributed by atoms with Gasteiger partial charge in [-0.1, -0.05) is 35.9 Å². The molecule has 0 aliphatic heterocycles. The van der Waals surface area contributed by atoms with E-state index >= 15 is 0 Å². The van der Waals surface area contributed by atoms with E-state index in [0.717, 1.165) is 36.0 Å². The summed E-state index contributed by atoms with van der Waals surface area (Å²) in [7, 11) is 5.13. The van der Waals surface area contributed by atoms with Gasteiger partial charge in [-0.25, -0.2) is 0 Å². The smallest absolute Gasteiger partial charge is 0.191 e. The summed E-state index contributed by atoms with van der Waals surface area (Å²) < 4.78 is 16.5. The van der Waals surface area contributed by atoms with Gasteiger partial charge in [0.2, 0.25) is 0 Å². The van der Waals surface area contributed by atoms with Crippen LogP contribution in [0, 0.1) is 6.92 Å². The van der Waals surface area contributed by atoms with Crippen LogP contribution in [0.5, 0.6) is 11.5 Å². The van der Waals surface area contributed by atoms with Crippen LogP contribution < -0.4 is 20.1 Å². The molecule has 0 spiro atoms. The Kier molecular flexibility index (Phi) is 9.15. The second-order valence-electron chi connectivity index (χ2n) is 6.36. The average Bonchev–Trinajstić information content (AvgIpc) is 2.72. The van der Waals surface area contributed by atoms with Crippen molar-refractivity contribution in [1.82, 2.24) is 10.6 Å². The van der Waals surface area contributed by atoms with Crippen LogP contribution >= 0.6 is 0 Å².